The number of amides is 1. The standard InChI is InChI=1S/C15H22N2OS2/c1-9-7-19-15(16-9)20-8-14(18)17-10(2)13-6-11-3-4-12(13)5-11/h7,10-13H,3-6,8H2,1-2H3,(H,17,18)/t10-,11-,12-,13+/m1/s1. The number of nitrogens with one attached hydrogen (secondary N) is 1. The smallest absolute Gasteiger partial charge is 0.230 e. The first kappa shape index (κ1) is 14.4. The number of rotatable bonds is 5. The number of aryl methyl sites for hydroxylation is 1. The first-order chi connectivity index (χ1) is 9.61. The van der Waals surface area contributed by atoms with Crippen LogP contribution in [0.2, 0.25) is 0 Å². The Kier molecular flexibility index (Phi) is 4.36. The summed E-state index contributed by atoms with van der Waals surface area (Å²) >= 11 is 3.16. The fraction of sp³-hybridized carbons (Fsp3) is 0.733. The van der Waals surface area contributed by atoms with Crippen molar-refractivity contribution in [2.75, 3.05) is 5.75 Å². The first-order valence-electron chi connectivity index (χ1n) is 7.46. The molecule has 2 fully saturated rings. The predicted molar refractivity (Wildman–Crippen MR) is 84.1 cm³/mol. The van der Waals surface area contributed by atoms with Crippen molar-refractivity contribution >= 4 is 29.0 Å². The number of thiazole rings is 1. The molecule has 2 aliphatic rings. The normalized spacial score (nSPS) is 29.6. The van der Waals surface area contributed by atoms with Crippen LogP contribution in [0.4, 0.5) is 0 Å². The van der Waals surface area contributed by atoms with E-state index >= 15 is 0 Å². The highest BCUT2D eigenvalue weighted by atomic mass is 32.2. The maximum absolute atomic E-state index is 12.0. The summed E-state index contributed by atoms with van der Waals surface area (Å²) in [5, 5.41) is 5.23. The van der Waals surface area contributed by atoms with Crippen molar-refractivity contribution in [1.29, 1.82) is 0 Å². The van der Waals surface area contributed by atoms with Crippen molar-refractivity contribution < 1.29 is 4.79 Å². The number of carbonyl (C=O) groups is 1. The highest BCUT2D eigenvalue weighted by molar-refractivity contribution is 8.01. The zero-order chi connectivity index (χ0) is 14.1. The topological polar surface area (TPSA) is 42.0 Å². The van der Waals surface area contributed by atoms with Crippen molar-refractivity contribution in [3.63, 3.8) is 0 Å². The lowest BCUT2D eigenvalue weighted by molar-refractivity contribution is -0.119. The number of thioether (sulfide) groups is 1. The minimum atomic E-state index is 0.151. The Bertz CT molecular complexity index is 488. The Labute approximate surface area is 128 Å². The fourth-order valence-corrected chi connectivity index (χ4v) is 5.50. The summed E-state index contributed by atoms with van der Waals surface area (Å²) < 4.78 is 0.991. The Morgan fingerprint density at radius 1 is 1.55 bits per heavy atom. The molecule has 0 unspecified atom stereocenters. The molecular formula is C15H22N2OS2. The van der Waals surface area contributed by atoms with E-state index in [1.165, 1.54) is 25.7 Å². The monoisotopic (exact) mass is 310 g/mol. The molecule has 1 aromatic rings. The SMILES string of the molecule is Cc1csc(SCC(=O)N[C@H](C)[C@@H]2C[C@@H]3CC[C@@H]2C3)n1. The molecule has 2 saturated carbocycles. The van der Waals surface area contributed by atoms with Gasteiger partial charge in [0.05, 0.1) is 5.75 Å². The van der Waals surface area contributed by atoms with Crippen molar-refractivity contribution in [1.82, 2.24) is 10.3 Å². The van der Waals surface area contributed by atoms with Gasteiger partial charge in [-0.15, -0.1) is 11.3 Å². The van der Waals surface area contributed by atoms with E-state index in [2.05, 4.69) is 17.2 Å². The van der Waals surface area contributed by atoms with Crippen LogP contribution in [0.15, 0.2) is 9.72 Å². The Morgan fingerprint density at radius 2 is 2.40 bits per heavy atom. The maximum Gasteiger partial charge on any atom is 0.230 e. The number of nitrogens with zero attached hydrogens (tertiary/aromatic N) is 1. The lowest BCUT2D eigenvalue weighted by atomic mass is 9.84. The average molecular weight is 310 g/mol. The van der Waals surface area contributed by atoms with Crippen LogP contribution in [0.5, 0.6) is 0 Å². The zero-order valence-corrected chi connectivity index (χ0v) is 13.7. The third-order valence-electron chi connectivity index (χ3n) is 4.75. The molecule has 0 aromatic carbocycles. The molecule has 1 amide bonds. The van der Waals surface area contributed by atoms with E-state index < -0.39 is 0 Å². The number of hydrogen-bond donors (Lipinski definition) is 1. The zero-order valence-electron chi connectivity index (χ0n) is 12.1. The molecule has 0 spiro atoms. The van der Waals surface area contributed by atoms with Crippen LogP contribution in [0, 0.1) is 24.7 Å². The summed E-state index contributed by atoms with van der Waals surface area (Å²) in [6.07, 6.45) is 5.52. The Morgan fingerprint density at radius 3 is 3.00 bits per heavy atom. The van der Waals surface area contributed by atoms with Gasteiger partial charge in [0, 0.05) is 17.1 Å². The molecule has 3 rings (SSSR count). The predicted octanol–water partition coefficient (Wildman–Crippen LogP) is 3.48. The Hall–Kier alpha value is -0.550. The molecule has 2 bridgehead atoms. The van der Waals surface area contributed by atoms with Gasteiger partial charge < -0.3 is 5.32 Å². The van der Waals surface area contributed by atoms with Gasteiger partial charge in [0.15, 0.2) is 4.34 Å². The molecule has 2 aliphatic carbocycles. The Balaban J connectivity index is 1.44. The summed E-state index contributed by atoms with van der Waals surface area (Å²) in [6.45, 7) is 4.17. The van der Waals surface area contributed by atoms with Crippen molar-refractivity contribution in [2.45, 2.75) is 49.9 Å². The average Bonchev–Trinajstić information content (AvgIpc) is 3.12. The van der Waals surface area contributed by atoms with Crippen molar-refractivity contribution in [3.05, 3.63) is 11.1 Å². The second kappa shape index (κ2) is 6.06. The van der Waals surface area contributed by atoms with Crippen LogP contribution in [0.3, 0.4) is 0 Å². The van der Waals surface area contributed by atoms with Gasteiger partial charge >= 0.3 is 0 Å². The number of fused-ring (bicyclic) bond motifs is 2. The summed E-state index contributed by atoms with van der Waals surface area (Å²) in [5.74, 6) is 3.16. The van der Waals surface area contributed by atoms with Crippen LogP contribution < -0.4 is 5.32 Å². The van der Waals surface area contributed by atoms with E-state index in [1.54, 1.807) is 23.1 Å². The summed E-state index contributed by atoms with van der Waals surface area (Å²) in [6, 6.07) is 0.330. The van der Waals surface area contributed by atoms with Gasteiger partial charge in [-0.3, -0.25) is 4.79 Å². The lowest BCUT2D eigenvalue weighted by Crippen LogP contribution is -2.40. The number of hydrogen-bond acceptors (Lipinski definition) is 4. The van der Waals surface area contributed by atoms with Crippen molar-refractivity contribution in [2.24, 2.45) is 17.8 Å². The second-order valence-corrected chi connectivity index (χ2v) is 8.32. The summed E-state index contributed by atoms with van der Waals surface area (Å²) in [7, 11) is 0. The molecule has 5 heteroatoms. The highest BCUT2D eigenvalue weighted by Gasteiger charge is 2.42. The van der Waals surface area contributed by atoms with Crippen molar-refractivity contribution in [3.8, 4) is 0 Å². The van der Waals surface area contributed by atoms with E-state index in [1.807, 2.05) is 12.3 Å². The molecule has 1 N–H and O–H groups in total. The van der Waals surface area contributed by atoms with Crippen LogP contribution in [0.1, 0.15) is 38.3 Å². The van der Waals surface area contributed by atoms with E-state index in [0.717, 1.165) is 21.9 Å². The van der Waals surface area contributed by atoms with Gasteiger partial charge in [-0.25, -0.2) is 4.98 Å². The number of aromatic nitrogens is 1. The third-order valence-corrected chi connectivity index (χ3v) is 6.89. The molecule has 1 aromatic heterocycles. The van der Waals surface area contributed by atoms with Crippen LogP contribution >= 0.6 is 23.1 Å². The minimum Gasteiger partial charge on any atom is -0.353 e. The largest absolute Gasteiger partial charge is 0.353 e. The first-order valence-corrected chi connectivity index (χ1v) is 9.32. The molecule has 4 atom stereocenters. The molecule has 1 heterocycles. The quantitative estimate of drug-likeness (QED) is 0.847. The molecular weight excluding hydrogens is 288 g/mol. The second-order valence-electron chi connectivity index (χ2n) is 6.24. The van der Waals surface area contributed by atoms with Crippen LogP contribution in [-0.4, -0.2) is 22.7 Å². The minimum absolute atomic E-state index is 0.151. The van der Waals surface area contributed by atoms with E-state index in [9.17, 15) is 4.79 Å². The van der Waals surface area contributed by atoms with E-state index in [0.29, 0.717) is 17.7 Å². The molecule has 0 radical (unpaired) electrons. The lowest BCUT2D eigenvalue weighted by Gasteiger charge is -2.28. The third kappa shape index (κ3) is 3.19. The fourth-order valence-electron chi connectivity index (χ4n) is 3.83. The molecule has 3 nitrogen and oxygen atoms in total. The van der Waals surface area contributed by atoms with Crippen LogP contribution in [-0.2, 0) is 4.79 Å². The summed E-state index contributed by atoms with van der Waals surface area (Å²) in [4.78, 5) is 16.4. The van der Waals surface area contributed by atoms with Gasteiger partial charge in [0.1, 0.15) is 0 Å². The van der Waals surface area contributed by atoms with Gasteiger partial charge in [-0.05, 0) is 50.9 Å². The number of carbonyl (C=O) groups excluding carboxylic acids is 1. The molecule has 110 valence electrons. The molecule has 0 aliphatic heterocycles. The van der Waals surface area contributed by atoms with Gasteiger partial charge in [0.25, 0.3) is 0 Å². The highest BCUT2D eigenvalue weighted by Crippen LogP contribution is 2.49. The summed E-state index contributed by atoms with van der Waals surface area (Å²) in [5.41, 5.74) is 1.04. The van der Waals surface area contributed by atoms with E-state index in [4.69, 9.17) is 0 Å². The molecule has 0 saturated heterocycles. The van der Waals surface area contributed by atoms with Gasteiger partial charge in [-0.2, -0.15) is 0 Å². The maximum atomic E-state index is 12.0. The van der Waals surface area contributed by atoms with Gasteiger partial charge in [-0.1, -0.05) is 18.2 Å². The van der Waals surface area contributed by atoms with E-state index in [-0.39, 0.29) is 5.91 Å². The van der Waals surface area contributed by atoms with Crippen LogP contribution in [0.25, 0.3) is 0 Å². The van der Waals surface area contributed by atoms with Gasteiger partial charge in [0.2, 0.25) is 5.91 Å². The molecule has 20 heavy (non-hydrogen) atoms.